The number of pyridine rings is 1. The van der Waals surface area contributed by atoms with Gasteiger partial charge >= 0.3 is 0 Å². The molecule has 0 saturated carbocycles. The van der Waals surface area contributed by atoms with E-state index in [0.717, 1.165) is 44.5 Å². The number of hydrogen-bond acceptors (Lipinski definition) is 4. The molecule has 2 heterocycles. The summed E-state index contributed by atoms with van der Waals surface area (Å²) >= 11 is 6.50. The number of rotatable bonds is 6. The molecular weight excluding hydrogens is 352 g/mol. The number of ether oxygens (including phenoxy) is 2. The molecule has 0 radical (unpaired) electrons. The van der Waals surface area contributed by atoms with Crippen LogP contribution in [0.25, 0.3) is 0 Å². The molecule has 140 valence electrons. The zero-order valence-corrected chi connectivity index (χ0v) is 16.0. The molecule has 1 aliphatic heterocycles. The second-order valence-electron chi connectivity index (χ2n) is 6.76. The first-order valence-electron chi connectivity index (χ1n) is 8.90. The third kappa shape index (κ3) is 4.40. The lowest BCUT2D eigenvalue weighted by molar-refractivity contribution is 0.177. The second-order valence-corrected chi connectivity index (χ2v) is 7.14. The minimum Gasteiger partial charge on any atom is -0.493 e. The number of halogens is 1. The van der Waals surface area contributed by atoms with Crippen LogP contribution in [0.4, 0.5) is 0 Å². The van der Waals surface area contributed by atoms with Crippen LogP contribution in [0.5, 0.6) is 11.5 Å². The Morgan fingerprint density at radius 3 is 2.54 bits per heavy atom. The van der Waals surface area contributed by atoms with Crippen LogP contribution in [-0.4, -0.2) is 37.2 Å². The van der Waals surface area contributed by atoms with Gasteiger partial charge in [-0.15, -0.1) is 0 Å². The predicted octanol–water partition coefficient (Wildman–Crippen LogP) is 3.50. The van der Waals surface area contributed by atoms with Gasteiger partial charge in [0.25, 0.3) is 0 Å². The largest absolute Gasteiger partial charge is 0.493 e. The first kappa shape index (κ1) is 18.8. The molecule has 0 atom stereocenters. The Balaban J connectivity index is 1.57. The summed E-state index contributed by atoms with van der Waals surface area (Å²) in [4.78, 5) is 16.3. The highest BCUT2D eigenvalue weighted by molar-refractivity contribution is 6.33. The van der Waals surface area contributed by atoms with Gasteiger partial charge in [0, 0.05) is 18.8 Å². The monoisotopic (exact) mass is 376 g/mol. The van der Waals surface area contributed by atoms with Gasteiger partial charge < -0.3 is 14.5 Å². The SMILES string of the molecule is COc1ccc(CN2CCC(Cc3ccc(=O)[nH]c3)CC2)c(Cl)c1OC. The molecule has 26 heavy (non-hydrogen) atoms. The number of H-pyrrole nitrogens is 1. The maximum absolute atomic E-state index is 11.2. The van der Waals surface area contributed by atoms with Gasteiger partial charge in [0.15, 0.2) is 11.5 Å². The van der Waals surface area contributed by atoms with E-state index in [2.05, 4.69) is 9.88 Å². The summed E-state index contributed by atoms with van der Waals surface area (Å²) in [5.74, 6) is 1.90. The van der Waals surface area contributed by atoms with Gasteiger partial charge in [-0.1, -0.05) is 23.7 Å². The smallest absolute Gasteiger partial charge is 0.247 e. The molecule has 0 aliphatic carbocycles. The van der Waals surface area contributed by atoms with E-state index >= 15 is 0 Å². The lowest BCUT2D eigenvalue weighted by atomic mass is 9.90. The van der Waals surface area contributed by atoms with Crippen molar-refractivity contribution in [3.8, 4) is 11.5 Å². The van der Waals surface area contributed by atoms with E-state index in [9.17, 15) is 4.79 Å². The molecule has 3 rings (SSSR count). The van der Waals surface area contributed by atoms with Crippen molar-refractivity contribution in [2.45, 2.75) is 25.8 Å². The molecule has 1 fully saturated rings. The molecule has 2 aromatic rings. The lowest BCUT2D eigenvalue weighted by Crippen LogP contribution is -2.34. The normalized spacial score (nSPS) is 15.8. The lowest BCUT2D eigenvalue weighted by Gasteiger charge is -2.32. The number of methoxy groups -OCH3 is 2. The zero-order chi connectivity index (χ0) is 18.5. The number of benzene rings is 1. The van der Waals surface area contributed by atoms with Crippen molar-refractivity contribution >= 4 is 11.6 Å². The van der Waals surface area contributed by atoms with Crippen molar-refractivity contribution in [3.05, 3.63) is 57.0 Å². The first-order chi connectivity index (χ1) is 12.6. The average Bonchev–Trinajstić information content (AvgIpc) is 2.66. The summed E-state index contributed by atoms with van der Waals surface area (Å²) in [5, 5.41) is 0.627. The predicted molar refractivity (Wildman–Crippen MR) is 103 cm³/mol. The maximum Gasteiger partial charge on any atom is 0.247 e. The summed E-state index contributed by atoms with van der Waals surface area (Å²) in [5.41, 5.74) is 2.21. The minimum absolute atomic E-state index is 0.0460. The van der Waals surface area contributed by atoms with Crippen LogP contribution in [0.15, 0.2) is 35.3 Å². The van der Waals surface area contributed by atoms with Crippen LogP contribution in [0.1, 0.15) is 24.0 Å². The summed E-state index contributed by atoms with van der Waals surface area (Å²) in [7, 11) is 3.22. The third-order valence-electron chi connectivity index (χ3n) is 5.04. The van der Waals surface area contributed by atoms with Crippen LogP contribution >= 0.6 is 11.6 Å². The van der Waals surface area contributed by atoms with Crippen molar-refractivity contribution in [1.82, 2.24) is 9.88 Å². The maximum atomic E-state index is 11.2. The van der Waals surface area contributed by atoms with E-state index in [1.165, 1.54) is 5.56 Å². The Morgan fingerprint density at radius 2 is 1.92 bits per heavy atom. The number of hydrogen-bond donors (Lipinski definition) is 1. The first-order valence-corrected chi connectivity index (χ1v) is 9.28. The van der Waals surface area contributed by atoms with Gasteiger partial charge in [0.1, 0.15) is 0 Å². The number of nitrogens with one attached hydrogen (secondary N) is 1. The molecule has 1 saturated heterocycles. The van der Waals surface area contributed by atoms with E-state index in [1.807, 2.05) is 24.4 Å². The highest BCUT2D eigenvalue weighted by atomic mass is 35.5. The fraction of sp³-hybridized carbons (Fsp3) is 0.450. The van der Waals surface area contributed by atoms with Crippen LogP contribution in [-0.2, 0) is 13.0 Å². The fourth-order valence-electron chi connectivity index (χ4n) is 3.54. The number of piperidine rings is 1. The van der Waals surface area contributed by atoms with E-state index in [4.69, 9.17) is 21.1 Å². The average molecular weight is 377 g/mol. The molecule has 0 amide bonds. The third-order valence-corrected chi connectivity index (χ3v) is 5.45. The van der Waals surface area contributed by atoms with E-state index < -0.39 is 0 Å². The van der Waals surface area contributed by atoms with Gasteiger partial charge in [0.05, 0.1) is 19.2 Å². The molecule has 5 nitrogen and oxygen atoms in total. The van der Waals surface area contributed by atoms with Crippen molar-refractivity contribution in [2.24, 2.45) is 5.92 Å². The van der Waals surface area contributed by atoms with E-state index in [-0.39, 0.29) is 5.56 Å². The van der Waals surface area contributed by atoms with Crippen molar-refractivity contribution in [1.29, 1.82) is 0 Å². The Kier molecular flexibility index (Phi) is 6.22. The molecule has 6 heteroatoms. The van der Waals surface area contributed by atoms with Gasteiger partial charge in [-0.2, -0.15) is 0 Å². The molecule has 0 unspecified atom stereocenters. The summed E-state index contributed by atoms with van der Waals surface area (Å²) in [6.07, 6.45) is 5.13. The number of aromatic nitrogens is 1. The zero-order valence-electron chi connectivity index (χ0n) is 15.3. The topological polar surface area (TPSA) is 54.6 Å². The molecule has 1 aromatic carbocycles. The molecule has 1 aromatic heterocycles. The van der Waals surface area contributed by atoms with Crippen molar-refractivity contribution in [3.63, 3.8) is 0 Å². The van der Waals surface area contributed by atoms with E-state index in [1.54, 1.807) is 20.3 Å². The van der Waals surface area contributed by atoms with Gasteiger partial charge in [0.2, 0.25) is 5.56 Å². The number of likely N-dealkylation sites (tertiary alicyclic amines) is 1. The number of aromatic amines is 1. The molecule has 1 aliphatic rings. The van der Waals surface area contributed by atoms with Crippen LogP contribution in [0, 0.1) is 5.92 Å². The van der Waals surface area contributed by atoms with Crippen molar-refractivity contribution in [2.75, 3.05) is 27.3 Å². The highest BCUT2D eigenvalue weighted by Crippen LogP contribution is 2.38. The Bertz CT molecular complexity index is 778. The summed E-state index contributed by atoms with van der Waals surface area (Å²) in [6, 6.07) is 7.44. The number of nitrogens with zero attached hydrogens (tertiary/aromatic N) is 1. The second kappa shape index (κ2) is 8.60. The minimum atomic E-state index is -0.0460. The summed E-state index contributed by atoms with van der Waals surface area (Å²) < 4.78 is 10.7. The van der Waals surface area contributed by atoms with Gasteiger partial charge in [-0.3, -0.25) is 9.69 Å². The fourth-order valence-corrected chi connectivity index (χ4v) is 3.84. The van der Waals surface area contributed by atoms with Crippen LogP contribution < -0.4 is 15.0 Å². The molecule has 1 N–H and O–H groups in total. The van der Waals surface area contributed by atoms with Crippen LogP contribution in [0.2, 0.25) is 5.02 Å². The highest BCUT2D eigenvalue weighted by Gasteiger charge is 2.21. The standard InChI is InChI=1S/C20H25ClN2O3/c1-25-17-5-4-16(19(21)20(17)26-2)13-23-9-7-14(8-10-23)11-15-3-6-18(24)22-12-15/h3-6,12,14H,7-11,13H2,1-2H3,(H,22,24). The van der Waals surface area contributed by atoms with E-state index in [0.29, 0.717) is 22.4 Å². The van der Waals surface area contributed by atoms with Gasteiger partial charge in [-0.05, 0) is 55.5 Å². The summed E-state index contributed by atoms with van der Waals surface area (Å²) in [6.45, 7) is 2.89. The van der Waals surface area contributed by atoms with Gasteiger partial charge in [-0.25, -0.2) is 0 Å². The quantitative estimate of drug-likeness (QED) is 0.838. The molecule has 0 bridgehead atoms. The Labute approximate surface area is 158 Å². The van der Waals surface area contributed by atoms with Crippen molar-refractivity contribution < 1.29 is 9.47 Å². The van der Waals surface area contributed by atoms with Crippen LogP contribution in [0.3, 0.4) is 0 Å². The Morgan fingerprint density at radius 1 is 1.15 bits per heavy atom. The Hall–Kier alpha value is -1.98. The molecular formula is C20H25ClN2O3. The molecule has 0 spiro atoms.